The molecule has 1 aromatic carbocycles. The molecular weight excluding hydrogens is 362 g/mol. The molecule has 9 heteroatoms. The molecule has 0 unspecified atom stereocenters. The molecule has 144 valence electrons. The molecule has 2 amide bonds. The van der Waals surface area contributed by atoms with Gasteiger partial charge in [0.2, 0.25) is 0 Å². The maximum absolute atomic E-state index is 12.1. The Morgan fingerprint density at radius 1 is 1.23 bits per heavy atom. The molecule has 26 heavy (non-hydrogen) atoms. The van der Waals surface area contributed by atoms with Gasteiger partial charge in [-0.05, 0) is 37.1 Å². The molecule has 0 aliphatic carbocycles. The highest BCUT2D eigenvalue weighted by Crippen LogP contribution is 2.20. The van der Waals surface area contributed by atoms with Crippen LogP contribution in [0.25, 0.3) is 0 Å². The van der Waals surface area contributed by atoms with E-state index in [2.05, 4.69) is 15.4 Å². The molecule has 1 fully saturated rings. The summed E-state index contributed by atoms with van der Waals surface area (Å²) in [6, 6.07) is 6.48. The quantitative estimate of drug-likeness (QED) is 0.598. The Balaban J connectivity index is 0.00000338. The average Bonchev–Trinajstić information content (AvgIpc) is 3.11. The highest BCUT2D eigenvalue weighted by Gasteiger charge is 2.29. The summed E-state index contributed by atoms with van der Waals surface area (Å²) in [5.41, 5.74) is 6.55. The highest BCUT2D eigenvalue weighted by atomic mass is 35.5. The van der Waals surface area contributed by atoms with Crippen molar-refractivity contribution in [2.75, 3.05) is 25.5 Å². The monoisotopic (exact) mass is 385 g/mol. The molecule has 1 saturated heterocycles. The van der Waals surface area contributed by atoms with E-state index >= 15 is 0 Å². The minimum absolute atomic E-state index is 0. The van der Waals surface area contributed by atoms with Crippen molar-refractivity contribution in [2.24, 2.45) is 5.73 Å². The van der Waals surface area contributed by atoms with Crippen LogP contribution in [0, 0.1) is 0 Å². The number of amides is 2. The number of ether oxygens (including phenoxy) is 2. The normalized spacial score (nSPS) is 18.5. The van der Waals surface area contributed by atoms with Crippen molar-refractivity contribution >= 4 is 35.9 Å². The Morgan fingerprint density at radius 3 is 2.50 bits per heavy atom. The van der Waals surface area contributed by atoms with Crippen molar-refractivity contribution in [3.05, 3.63) is 29.8 Å². The number of hydrogen-bond acceptors (Lipinski definition) is 6. The molecular formula is C17H24ClN3O5. The number of methoxy groups -OCH3 is 1. The predicted molar refractivity (Wildman–Crippen MR) is 98.2 cm³/mol. The van der Waals surface area contributed by atoms with Crippen molar-refractivity contribution in [3.8, 4) is 0 Å². The lowest BCUT2D eigenvalue weighted by Crippen LogP contribution is -2.29. The van der Waals surface area contributed by atoms with E-state index in [1.54, 1.807) is 24.3 Å². The third kappa shape index (κ3) is 6.29. The maximum Gasteiger partial charge on any atom is 0.307 e. The number of esters is 1. The smallest absolute Gasteiger partial charge is 0.307 e. The summed E-state index contributed by atoms with van der Waals surface area (Å²) in [6.07, 6.45) is 0.983. The molecule has 8 nitrogen and oxygen atoms in total. The fourth-order valence-electron chi connectivity index (χ4n) is 2.48. The summed E-state index contributed by atoms with van der Waals surface area (Å²) in [7, 11) is 1.30. The van der Waals surface area contributed by atoms with Crippen molar-refractivity contribution in [3.63, 3.8) is 0 Å². The summed E-state index contributed by atoms with van der Waals surface area (Å²) in [6.45, 7) is 0.606. The fraction of sp³-hybridized carbons (Fsp3) is 0.471. The zero-order valence-electron chi connectivity index (χ0n) is 14.5. The van der Waals surface area contributed by atoms with Crippen LogP contribution in [0.15, 0.2) is 24.3 Å². The molecule has 1 aliphatic heterocycles. The number of carbonyl (C=O) groups is 3. The second kappa shape index (κ2) is 10.7. The van der Waals surface area contributed by atoms with Crippen LogP contribution in [0.1, 0.15) is 29.6 Å². The molecule has 0 saturated carbocycles. The summed E-state index contributed by atoms with van der Waals surface area (Å²) >= 11 is 0. The van der Waals surface area contributed by atoms with Crippen molar-refractivity contribution in [1.82, 2.24) is 5.32 Å². The van der Waals surface area contributed by atoms with Gasteiger partial charge in [0.05, 0.1) is 19.6 Å². The molecule has 0 spiro atoms. The second-order valence-corrected chi connectivity index (χ2v) is 5.71. The Labute approximate surface area is 158 Å². The number of anilines is 1. The van der Waals surface area contributed by atoms with Gasteiger partial charge >= 0.3 is 5.97 Å². The van der Waals surface area contributed by atoms with Gasteiger partial charge in [0.15, 0.2) is 0 Å². The number of nitrogens with one attached hydrogen (secondary N) is 2. The number of halogens is 1. The zero-order chi connectivity index (χ0) is 18.2. The fourth-order valence-corrected chi connectivity index (χ4v) is 2.48. The van der Waals surface area contributed by atoms with Gasteiger partial charge in [0.25, 0.3) is 11.8 Å². The van der Waals surface area contributed by atoms with Gasteiger partial charge in [-0.1, -0.05) is 0 Å². The molecule has 1 heterocycles. The summed E-state index contributed by atoms with van der Waals surface area (Å²) in [5.74, 6) is -0.901. The Morgan fingerprint density at radius 2 is 1.92 bits per heavy atom. The lowest BCUT2D eigenvalue weighted by molar-refractivity contribution is -0.140. The van der Waals surface area contributed by atoms with Crippen molar-refractivity contribution in [1.29, 1.82) is 0 Å². The standard InChI is InChI=1S/C17H23N3O5.ClH/c1-24-15(21)8-9-19-16(22)11-2-4-12(5-3-11)20-17(23)14-7-6-13(10-18)25-14;/h2-5,13-14H,6-10,18H2,1H3,(H,19,22)(H,20,23);1H/t13-,14+;/m1./s1. The lowest BCUT2D eigenvalue weighted by atomic mass is 10.1. The molecule has 0 radical (unpaired) electrons. The number of carbonyl (C=O) groups excluding carboxylic acids is 3. The second-order valence-electron chi connectivity index (χ2n) is 5.71. The van der Waals surface area contributed by atoms with Crippen LogP contribution in [-0.2, 0) is 19.1 Å². The lowest BCUT2D eigenvalue weighted by Gasteiger charge is -2.13. The zero-order valence-corrected chi connectivity index (χ0v) is 15.3. The van der Waals surface area contributed by atoms with E-state index in [9.17, 15) is 14.4 Å². The van der Waals surface area contributed by atoms with Gasteiger partial charge in [-0.15, -0.1) is 12.4 Å². The largest absolute Gasteiger partial charge is 0.469 e. The van der Waals surface area contributed by atoms with Crippen LogP contribution in [-0.4, -0.2) is 50.2 Å². The number of rotatable bonds is 7. The first-order chi connectivity index (χ1) is 12.0. The summed E-state index contributed by atoms with van der Waals surface area (Å²) in [4.78, 5) is 35.1. The van der Waals surface area contributed by atoms with E-state index in [1.165, 1.54) is 7.11 Å². The van der Waals surface area contributed by atoms with Crippen LogP contribution in [0.3, 0.4) is 0 Å². The van der Waals surface area contributed by atoms with Gasteiger partial charge in [-0.2, -0.15) is 0 Å². The van der Waals surface area contributed by atoms with Gasteiger partial charge in [0, 0.05) is 24.3 Å². The third-order valence-corrected chi connectivity index (χ3v) is 3.92. The maximum atomic E-state index is 12.1. The van der Waals surface area contributed by atoms with Crippen LogP contribution in [0.2, 0.25) is 0 Å². The molecule has 1 aliphatic rings. The molecule has 4 N–H and O–H groups in total. The SMILES string of the molecule is COC(=O)CCNC(=O)c1ccc(NC(=O)[C@@H]2CC[C@H](CN)O2)cc1.Cl. The first-order valence-corrected chi connectivity index (χ1v) is 8.15. The van der Waals surface area contributed by atoms with Crippen LogP contribution in [0.5, 0.6) is 0 Å². The number of hydrogen-bond donors (Lipinski definition) is 3. The number of nitrogens with two attached hydrogens (primary N) is 1. The highest BCUT2D eigenvalue weighted by molar-refractivity contribution is 5.97. The van der Waals surface area contributed by atoms with E-state index in [0.29, 0.717) is 24.2 Å². The minimum atomic E-state index is -0.491. The van der Waals surface area contributed by atoms with Crippen LogP contribution in [0.4, 0.5) is 5.69 Å². The molecule has 0 bridgehead atoms. The van der Waals surface area contributed by atoms with Gasteiger partial charge < -0.3 is 25.8 Å². The first-order valence-electron chi connectivity index (χ1n) is 8.15. The van der Waals surface area contributed by atoms with Crippen molar-refractivity contribution < 1.29 is 23.9 Å². The Bertz CT molecular complexity index is 623. The first kappa shape index (κ1) is 21.9. The minimum Gasteiger partial charge on any atom is -0.469 e. The predicted octanol–water partition coefficient (Wildman–Crippen LogP) is 0.846. The van der Waals surface area contributed by atoms with Gasteiger partial charge in [-0.25, -0.2) is 0 Å². The Hall–Kier alpha value is -2.16. The van der Waals surface area contributed by atoms with E-state index in [-0.39, 0.29) is 49.3 Å². The molecule has 2 atom stereocenters. The molecule has 1 aromatic rings. The van der Waals surface area contributed by atoms with Crippen LogP contribution >= 0.6 is 12.4 Å². The van der Waals surface area contributed by atoms with Gasteiger partial charge in [-0.3, -0.25) is 14.4 Å². The average molecular weight is 386 g/mol. The topological polar surface area (TPSA) is 120 Å². The van der Waals surface area contributed by atoms with Crippen LogP contribution < -0.4 is 16.4 Å². The van der Waals surface area contributed by atoms with E-state index in [4.69, 9.17) is 10.5 Å². The van der Waals surface area contributed by atoms with E-state index in [1.807, 2.05) is 0 Å². The van der Waals surface area contributed by atoms with Gasteiger partial charge in [0.1, 0.15) is 6.10 Å². The molecule has 2 rings (SSSR count). The Kier molecular flexibility index (Phi) is 9.04. The van der Waals surface area contributed by atoms with Crippen molar-refractivity contribution in [2.45, 2.75) is 31.5 Å². The van der Waals surface area contributed by atoms with E-state index in [0.717, 1.165) is 6.42 Å². The number of benzene rings is 1. The third-order valence-electron chi connectivity index (χ3n) is 3.92. The van der Waals surface area contributed by atoms with E-state index < -0.39 is 6.10 Å². The summed E-state index contributed by atoms with van der Waals surface area (Å²) in [5, 5.41) is 5.38. The molecule has 0 aromatic heterocycles. The summed E-state index contributed by atoms with van der Waals surface area (Å²) < 4.78 is 10.0.